The Kier molecular flexibility index (Phi) is 8.38. The first-order chi connectivity index (χ1) is 7.10. The quantitative estimate of drug-likeness (QED) is 0.606. The number of hydrogen-bond donors (Lipinski definition) is 2. The van der Waals surface area contributed by atoms with Gasteiger partial charge in [-0.1, -0.05) is 27.2 Å². The van der Waals surface area contributed by atoms with E-state index in [2.05, 4.69) is 31.4 Å². The zero-order valence-corrected chi connectivity index (χ0v) is 10.6. The van der Waals surface area contributed by atoms with Gasteiger partial charge in [0, 0.05) is 19.0 Å². The van der Waals surface area contributed by atoms with E-state index < -0.39 is 0 Å². The fraction of sp³-hybridized carbons (Fsp3) is 0.917. The van der Waals surface area contributed by atoms with Crippen molar-refractivity contribution >= 4 is 5.91 Å². The molecule has 90 valence electrons. The molecule has 0 heterocycles. The highest BCUT2D eigenvalue weighted by Crippen LogP contribution is 1.97. The van der Waals surface area contributed by atoms with Gasteiger partial charge in [0.15, 0.2) is 0 Å². The Bertz CT molecular complexity index is 171. The molecule has 0 aromatic carbocycles. The van der Waals surface area contributed by atoms with Crippen molar-refractivity contribution in [3.05, 3.63) is 0 Å². The molecule has 0 rings (SSSR count). The van der Waals surface area contributed by atoms with Gasteiger partial charge in [-0.2, -0.15) is 0 Å². The molecule has 0 saturated carbocycles. The number of carbonyl (C=O) groups is 1. The second-order valence-corrected chi connectivity index (χ2v) is 4.34. The number of hydrogen-bond acceptors (Lipinski definition) is 2. The molecule has 0 aliphatic carbocycles. The van der Waals surface area contributed by atoms with Gasteiger partial charge in [-0.05, 0) is 25.8 Å². The lowest BCUT2D eigenvalue weighted by Crippen LogP contribution is -2.34. The van der Waals surface area contributed by atoms with Gasteiger partial charge in [0.1, 0.15) is 0 Å². The molecule has 0 aromatic rings. The summed E-state index contributed by atoms with van der Waals surface area (Å²) < 4.78 is 0. The SMILES string of the molecule is CCC(C)CNCCC(=O)NC(C)CC. The first kappa shape index (κ1) is 14.4. The van der Waals surface area contributed by atoms with Crippen molar-refractivity contribution in [2.45, 2.75) is 53.0 Å². The maximum Gasteiger partial charge on any atom is 0.221 e. The fourth-order valence-corrected chi connectivity index (χ4v) is 1.14. The van der Waals surface area contributed by atoms with Crippen molar-refractivity contribution in [3.63, 3.8) is 0 Å². The third kappa shape index (κ3) is 8.43. The number of amides is 1. The van der Waals surface area contributed by atoms with Crippen LogP contribution in [-0.2, 0) is 4.79 Å². The minimum absolute atomic E-state index is 0.154. The van der Waals surface area contributed by atoms with E-state index in [1.54, 1.807) is 0 Å². The van der Waals surface area contributed by atoms with Crippen LogP contribution in [0.5, 0.6) is 0 Å². The van der Waals surface area contributed by atoms with Gasteiger partial charge in [0.25, 0.3) is 0 Å². The van der Waals surface area contributed by atoms with Crippen LogP contribution in [-0.4, -0.2) is 25.0 Å². The van der Waals surface area contributed by atoms with E-state index in [0.717, 1.165) is 19.5 Å². The van der Waals surface area contributed by atoms with Crippen molar-refractivity contribution in [3.8, 4) is 0 Å². The summed E-state index contributed by atoms with van der Waals surface area (Å²) in [5.41, 5.74) is 0. The summed E-state index contributed by atoms with van der Waals surface area (Å²) in [6.07, 6.45) is 2.76. The van der Waals surface area contributed by atoms with E-state index >= 15 is 0 Å². The van der Waals surface area contributed by atoms with Gasteiger partial charge in [0.2, 0.25) is 5.91 Å². The predicted octanol–water partition coefficient (Wildman–Crippen LogP) is 1.93. The summed E-state index contributed by atoms with van der Waals surface area (Å²) in [5, 5.41) is 6.25. The smallest absolute Gasteiger partial charge is 0.221 e. The maximum absolute atomic E-state index is 11.4. The molecule has 0 fully saturated rings. The number of carbonyl (C=O) groups excluding carboxylic acids is 1. The van der Waals surface area contributed by atoms with E-state index in [9.17, 15) is 4.79 Å². The van der Waals surface area contributed by atoms with Gasteiger partial charge in [0.05, 0.1) is 0 Å². The number of nitrogens with one attached hydrogen (secondary N) is 2. The summed E-state index contributed by atoms with van der Waals surface area (Å²) >= 11 is 0. The summed E-state index contributed by atoms with van der Waals surface area (Å²) in [4.78, 5) is 11.4. The Labute approximate surface area is 94.0 Å². The van der Waals surface area contributed by atoms with Crippen molar-refractivity contribution in [2.24, 2.45) is 5.92 Å². The van der Waals surface area contributed by atoms with Crippen molar-refractivity contribution in [2.75, 3.05) is 13.1 Å². The Morgan fingerprint density at radius 3 is 2.40 bits per heavy atom. The summed E-state index contributed by atoms with van der Waals surface area (Å²) in [6.45, 7) is 10.3. The van der Waals surface area contributed by atoms with Crippen LogP contribution in [0.4, 0.5) is 0 Å². The van der Waals surface area contributed by atoms with E-state index in [0.29, 0.717) is 18.4 Å². The molecule has 1 amide bonds. The van der Waals surface area contributed by atoms with E-state index in [4.69, 9.17) is 0 Å². The molecule has 0 bridgehead atoms. The van der Waals surface area contributed by atoms with E-state index in [1.165, 1.54) is 6.42 Å². The molecule has 3 heteroatoms. The standard InChI is InChI=1S/C12H26N2O/c1-5-10(3)9-13-8-7-12(15)14-11(4)6-2/h10-11,13H,5-9H2,1-4H3,(H,14,15). The van der Waals surface area contributed by atoms with Gasteiger partial charge < -0.3 is 10.6 Å². The Hall–Kier alpha value is -0.570. The lowest BCUT2D eigenvalue weighted by Gasteiger charge is -2.12. The van der Waals surface area contributed by atoms with Crippen molar-refractivity contribution in [1.29, 1.82) is 0 Å². The molecule has 3 nitrogen and oxygen atoms in total. The highest BCUT2D eigenvalue weighted by Gasteiger charge is 2.04. The predicted molar refractivity (Wildman–Crippen MR) is 64.8 cm³/mol. The molecule has 0 aliphatic rings. The van der Waals surface area contributed by atoms with Crippen LogP contribution in [0.3, 0.4) is 0 Å². The van der Waals surface area contributed by atoms with E-state index in [1.807, 2.05) is 6.92 Å². The van der Waals surface area contributed by atoms with Crippen LogP contribution >= 0.6 is 0 Å². The lowest BCUT2D eigenvalue weighted by atomic mass is 10.1. The second kappa shape index (κ2) is 8.72. The molecule has 2 unspecified atom stereocenters. The molecular weight excluding hydrogens is 188 g/mol. The van der Waals surface area contributed by atoms with Crippen LogP contribution in [0.15, 0.2) is 0 Å². The summed E-state index contributed by atoms with van der Waals surface area (Å²) in [7, 11) is 0. The molecule has 2 atom stereocenters. The summed E-state index contributed by atoms with van der Waals surface area (Å²) in [5.74, 6) is 0.851. The fourth-order valence-electron chi connectivity index (χ4n) is 1.14. The Balaban J connectivity index is 3.39. The molecule has 0 aromatic heterocycles. The van der Waals surface area contributed by atoms with E-state index in [-0.39, 0.29) is 5.91 Å². The molecule has 0 aliphatic heterocycles. The first-order valence-corrected chi connectivity index (χ1v) is 6.10. The monoisotopic (exact) mass is 214 g/mol. The normalized spacial score (nSPS) is 14.7. The minimum Gasteiger partial charge on any atom is -0.354 e. The zero-order valence-electron chi connectivity index (χ0n) is 10.6. The van der Waals surface area contributed by atoms with Crippen LogP contribution in [0.25, 0.3) is 0 Å². The topological polar surface area (TPSA) is 41.1 Å². The molecule has 15 heavy (non-hydrogen) atoms. The number of rotatable bonds is 8. The van der Waals surface area contributed by atoms with Gasteiger partial charge >= 0.3 is 0 Å². The van der Waals surface area contributed by atoms with Gasteiger partial charge in [-0.15, -0.1) is 0 Å². The highest BCUT2D eigenvalue weighted by molar-refractivity contribution is 5.76. The molecule has 0 saturated heterocycles. The molecular formula is C12H26N2O. The zero-order chi connectivity index (χ0) is 11.7. The Morgan fingerprint density at radius 2 is 1.87 bits per heavy atom. The average Bonchev–Trinajstić information content (AvgIpc) is 2.23. The Morgan fingerprint density at radius 1 is 1.20 bits per heavy atom. The molecule has 2 N–H and O–H groups in total. The third-order valence-corrected chi connectivity index (χ3v) is 2.74. The second-order valence-electron chi connectivity index (χ2n) is 4.34. The average molecular weight is 214 g/mol. The lowest BCUT2D eigenvalue weighted by molar-refractivity contribution is -0.121. The molecule has 0 radical (unpaired) electrons. The van der Waals surface area contributed by atoms with Gasteiger partial charge in [-0.25, -0.2) is 0 Å². The maximum atomic E-state index is 11.4. The van der Waals surface area contributed by atoms with Crippen LogP contribution in [0, 0.1) is 5.92 Å². The van der Waals surface area contributed by atoms with Gasteiger partial charge in [-0.3, -0.25) is 4.79 Å². The van der Waals surface area contributed by atoms with Crippen LogP contribution in [0.1, 0.15) is 47.0 Å². The van der Waals surface area contributed by atoms with Crippen molar-refractivity contribution in [1.82, 2.24) is 10.6 Å². The first-order valence-electron chi connectivity index (χ1n) is 6.10. The van der Waals surface area contributed by atoms with Crippen LogP contribution < -0.4 is 10.6 Å². The largest absolute Gasteiger partial charge is 0.354 e. The summed E-state index contributed by atoms with van der Waals surface area (Å²) in [6, 6.07) is 0.298. The minimum atomic E-state index is 0.154. The molecule has 0 spiro atoms. The highest BCUT2D eigenvalue weighted by atomic mass is 16.1. The van der Waals surface area contributed by atoms with Crippen molar-refractivity contribution < 1.29 is 4.79 Å². The third-order valence-electron chi connectivity index (χ3n) is 2.74. The van der Waals surface area contributed by atoms with Crippen LogP contribution in [0.2, 0.25) is 0 Å².